The Morgan fingerprint density at radius 2 is 1.67 bits per heavy atom. The van der Waals surface area contributed by atoms with Crippen molar-refractivity contribution in [1.82, 2.24) is 0 Å². The van der Waals surface area contributed by atoms with Gasteiger partial charge in [-0.05, 0) is 59.9 Å². The van der Waals surface area contributed by atoms with Crippen LogP contribution in [0.15, 0.2) is 72.8 Å². The molecule has 4 nitrogen and oxygen atoms in total. The first-order valence-electron chi connectivity index (χ1n) is 10.6. The number of ether oxygens (including phenoxy) is 1. The summed E-state index contributed by atoms with van der Waals surface area (Å²) >= 11 is 0. The maximum atomic E-state index is 13.5. The molecule has 0 spiro atoms. The zero-order chi connectivity index (χ0) is 21.1. The molecule has 0 aliphatic carbocycles. The standard InChI is InChI=1S/C26H28N2O2/c1-4-19-9-13-21(14-10-19)28-25(27-24-8-6-5-7-23(24)26(28)29)20-11-15-22(16-12-20)30-17-18(2)3/h5-16,18,25,27H,4,17H2,1-3H3/t25-/m1/s1. The second-order valence-electron chi connectivity index (χ2n) is 8.06. The smallest absolute Gasteiger partial charge is 0.262 e. The number of fused-ring (bicyclic) bond motifs is 1. The van der Waals surface area contributed by atoms with Gasteiger partial charge in [-0.2, -0.15) is 0 Å². The van der Waals surface area contributed by atoms with Gasteiger partial charge in [-0.1, -0.05) is 57.2 Å². The first-order valence-corrected chi connectivity index (χ1v) is 10.6. The van der Waals surface area contributed by atoms with Crippen LogP contribution in [0.4, 0.5) is 11.4 Å². The minimum Gasteiger partial charge on any atom is -0.493 e. The van der Waals surface area contributed by atoms with E-state index < -0.39 is 0 Å². The molecule has 4 rings (SSSR count). The monoisotopic (exact) mass is 400 g/mol. The molecule has 1 heterocycles. The summed E-state index contributed by atoms with van der Waals surface area (Å²) in [5.74, 6) is 1.31. The molecule has 1 aliphatic heterocycles. The summed E-state index contributed by atoms with van der Waals surface area (Å²) in [5, 5.41) is 3.55. The van der Waals surface area contributed by atoms with Gasteiger partial charge in [-0.25, -0.2) is 0 Å². The molecule has 0 radical (unpaired) electrons. The van der Waals surface area contributed by atoms with E-state index in [0.29, 0.717) is 18.1 Å². The molecular formula is C26H28N2O2. The molecular weight excluding hydrogens is 372 g/mol. The highest BCUT2D eigenvalue weighted by Gasteiger charge is 2.33. The van der Waals surface area contributed by atoms with Crippen molar-refractivity contribution in [3.8, 4) is 5.75 Å². The van der Waals surface area contributed by atoms with Gasteiger partial charge in [0.2, 0.25) is 0 Å². The highest BCUT2D eigenvalue weighted by atomic mass is 16.5. The fourth-order valence-corrected chi connectivity index (χ4v) is 3.65. The van der Waals surface area contributed by atoms with E-state index >= 15 is 0 Å². The summed E-state index contributed by atoms with van der Waals surface area (Å²) in [6.45, 7) is 7.07. The predicted octanol–water partition coefficient (Wildman–Crippen LogP) is 6.05. The molecule has 4 heteroatoms. The number of amides is 1. The number of aryl methyl sites for hydroxylation is 1. The van der Waals surface area contributed by atoms with Crippen LogP contribution in [0.1, 0.15) is 48.4 Å². The van der Waals surface area contributed by atoms with Crippen molar-refractivity contribution < 1.29 is 9.53 Å². The van der Waals surface area contributed by atoms with Crippen LogP contribution >= 0.6 is 0 Å². The van der Waals surface area contributed by atoms with Gasteiger partial charge in [0.05, 0.1) is 12.2 Å². The fourth-order valence-electron chi connectivity index (χ4n) is 3.65. The molecule has 0 unspecified atom stereocenters. The SMILES string of the molecule is CCc1ccc(N2C(=O)c3ccccc3N[C@H]2c2ccc(OCC(C)C)cc2)cc1. The molecule has 0 saturated carbocycles. The van der Waals surface area contributed by atoms with Gasteiger partial charge in [-0.3, -0.25) is 9.69 Å². The molecule has 3 aromatic rings. The predicted molar refractivity (Wildman–Crippen MR) is 122 cm³/mol. The Morgan fingerprint density at radius 3 is 2.33 bits per heavy atom. The van der Waals surface area contributed by atoms with Crippen molar-refractivity contribution in [3.63, 3.8) is 0 Å². The summed E-state index contributed by atoms with van der Waals surface area (Å²) in [4.78, 5) is 15.3. The van der Waals surface area contributed by atoms with Gasteiger partial charge < -0.3 is 10.1 Å². The third kappa shape index (κ3) is 4.04. The number of para-hydroxylation sites is 1. The Labute approximate surface area is 178 Å². The largest absolute Gasteiger partial charge is 0.493 e. The van der Waals surface area contributed by atoms with Crippen molar-refractivity contribution in [3.05, 3.63) is 89.5 Å². The maximum Gasteiger partial charge on any atom is 0.262 e. The van der Waals surface area contributed by atoms with Crippen LogP contribution in [-0.2, 0) is 6.42 Å². The van der Waals surface area contributed by atoms with E-state index in [-0.39, 0.29) is 12.1 Å². The Morgan fingerprint density at radius 1 is 0.967 bits per heavy atom. The van der Waals surface area contributed by atoms with Crippen molar-refractivity contribution >= 4 is 17.3 Å². The lowest BCUT2D eigenvalue weighted by Crippen LogP contribution is -2.43. The number of anilines is 2. The Bertz CT molecular complexity index is 1010. The molecule has 3 aromatic carbocycles. The van der Waals surface area contributed by atoms with E-state index in [0.717, 1.165) is 29.1 Å². The summed E-state index contributed by atoms with van der Waals surface area (Å²) in [6.07, 6.45) is 0.676. The quantitative estimate of drug-likeness (QED) is 0.547. The van der Waals surface area contributed by atoms with Gasteiger partial charge in [0, 0.05) is 11.4 Å². The average molecular weight is 401 g/mol. The molecule has 0 fully saturated rings. The van der Waals surface area contributed by atoms with Crippen LogP contribution in [0.25, 0.3) is 0 Å². The van der Waals surface area contributed by atoms with E-state index in [1.807, 2.05) is 65.6 Å². The number of carbonyl (C=O) groups excluding carboxylic acids is 1. The highest BCUT2D eigenvalue weighted by Crippen LogP contribution is 2.37. The molecule has 30 heavy (non-hydrogen) atoms. The van der Waals surface area contributed by atoms with Crippen LogP contribution in [0, 0.1) is 5.92 Å². The van der Waals surface area contributed by atoms with E-state index in [2.05, 4.69) is 38.2 Å². The molecule has 1 N–H and O–H groups in total. The van der Waals surface area contributed by atoms with Crippen LogP contribution in [0.2, 0.25) is 0 Å². The van der Waals surface area contributed by atoms with Gasteiger partial charge in [0.15, 0.2) is 0 Å². The van der Waals surface area contributed by atoms with Gasteiger partial charge in [-0.15, -0.1) is 0 Å². The second kappa shape index (κ2) is 8.62. The molecule has 1 aliphatic rings. The third-order valence-electron chi connectivity index (χ3n) is 5.33. The summed E-state index contributed by atoms with van der Waals surface area (Å²) in [6, 6.07) is 23.9. The number of rotatable bonds is 6. The molecule has 0 aromatic heterocycles. The number of nitrogens with one attached hydrogen (secondary N) is 1. The van der Waals surface area contributed by atoms with E-state index in [4.69, 9.17) is 4.74 Å². The summed E-state index contributed by atoms with van der Waals surface area (Å²) in [7, 11) is 0. The van der Waals surface area contributed by atoms with Crippen molar-refractivity contribution in [2.24, 2.45) is 5.92 Å². The van der Waals surface area contributed by atoms with Crippen molar-refractivity contribution in [2.75, 3.05) is 16.8 Å². The first kappa shape index (κ1) is 20.0. The Balaban J connectivity index is 1.70. The van der Waals surface area contributed by atoms with Crippen molar-refractivity contribution in [2.45, 2.75) is 33.4 Å². The molecule has 0 bridgehead atoms. The Kier molecular flexibility index (Phi) is 5.75. The van der Waals surface area contributed by atoms with E-state index in [9.17, 15) is 4.79 Å². The fraction of sp³-hybridized carbons (Fsp3) is 0.269. The molecule has 1 atom stereocenters. The molecule has 0 saturated heterocycles. The van der Waals surface area contributed by atoms with Gasteiger partial charge in [0.25, 0.3) is 5.91 Å². The minimum atomic E-state index is -0.293. The molecule has 1 amide bonds. The van der Waals surface area contributed by atoms with Gasteiger partial charge >= 0.3 is 0 Å². The second-order valence-corrected chi connectivity index (χ2v) is 8.06. The first-order chi connectivity index (χ1) is 14.6. The average Bonchev–Trinajstić information content (AvgIpc) is 2.78. The number of nitrogens with zero attached hydrogens (tertiary/aromatic N) is 1. The minimum absolute atomic E-state index is 0.00117. The van der Waals surface area contributed by atoms with Crippen LogP contribution < -0.4 is 15.0 Å². The number of hydrogen-bond acceptors (Lipinski definition) is 3. The number of hydrogen-bond donors (Lipinski definition) is 1. The highest BCUT2D eigenvalue weighted by molar-refractivity contribution is 6.12. The zero-order valence-electron chi connectivity index (χ0n) is 17.8. The summed E-state index contributed by atoms with van der Waals surface area (Å²) < 4.78 is 5.82. The zero-order valence-corrected chi connectivity index (χ0v) is 17.8. The summed E-state index contributed by atoms with van der Waals surface area (Å²) in [5.41, 5.74) is 4.68. The van der Waals surface area contributed by atoms with Crippen molar-refractivity contribution in [1.29, 1.82) is 0 Å². The van der Waals surface area contributed by atoms with Crippen LogP contribution in [-0.4, -0.2) is 12.5 Å². The van der Waals surface area contributed by atoms with Gasteiger partial charge in [0.1, 0.15) is 11.9 Å². The van der Waals surface area contributed by atoms with E-state index in [1.54, 1.807) is 0 Å². The number of carbonyl (C=O) groups is 1. The maximum absolute atomic E-state index is 13.5. The van der Waals surface area contributed by atoms with Crippen LogP contribution in [0.5, 0.6) is 5.75 Å². The lowest BCUT2D eigenvalue weighted by Gasteiger charge is -2.38. The Hall–Kier alpha value is -3.27. The van der Waals surface area contributed by atoms with Crippen LogP contribution in [0.3, 0.4) is 0 Å². The number of benzene rings is 3. The topological polar surface area (TPSA) is 41.6 Å². The normalized spacial score (nSPS) is 15.7. The lowest BCUT2D eigenvalue weighted by atomic mass is 10.0. The lowest BCUT2D eigenvalue weighted by molar-refractivity contribution is 0.0975. The molecule has 154 valence electrons. The van der Waals surface area contributed by atoms with E-state index in [1.165, 1.54) is 5.56 Å². The third-order valence-corrected chi connectivity index (χ3v) is 5.33.